The third-order valence-corrected chi connectivity index (χ3v) is 4.05. The molecule has 108 valence electrons. The number of likely N-dealkylation sites (tertiary alicyclic amines) is 1. The van der Waals surface area contributed by atoms with Crippen molar-refractivity contribution < 1.29 is 5.11 Å². The molecule has 6 heteroatoms. The van der Waals surface area contributed by atoms with E-state index in [9.17, 15) is 5.11 Å². The lowest BCUT2D eigenvalue weighted by atomic mass is 10.2. The highest BCUT2D eigenvalue weighted by Crippen LogP contribution is 2.24. The van der Waals surface area contributed by atoms with Gasteiger partial charge in [0, 0.05) is 36.6 Å². The summed E-state index contributed by atoms with van der Waals surface area (Å²) in [6, 6.07) is 2.32. The van der Waals surface area contributed by atoms with Crippen LogP contribution in [0.2, 0.25) is 5.15 Å². The summed E-state index contributed by atoms with van der Waals surface area (Å²) >= 11 is 6.31. The average Bonchev–Trinajstić information content (AvgIpc) is 2.96. The number of halogens is 1. The van der Waals surface area contributed by atoms with Gasteiger partial charge >= 0.3 is 0 Å². The first-order valence-electron chi connectivity index (χ1n) is 6.97. The SMILES string of the molecule is CC(C)n1ncc2cc(CN3CC[C@@H](O)C3)c(Cl)nc21. The third-order valence-electron chi connectivity index (χ3n) is 3.73. The van der Waals surface area contributed by atoms with Gasteiger partial charge < -0.3 is 5.11 Å². The van der Waals surface area contributed by atoms with Crippen LogP contribution in [0.4, 0.5) is 0 Å². The second kappa shape index (κ2) is 5.31. The fourth-order valence-electron chi connectivity index (χ4n) is 2.68. The maximum Gasteiger partial charge on any atom is 0.159 e. The van der Waals surface area contributed by atoms with Gasteiger partial charge in [0.1, 0.15) is 5.15 Å². The summed E-state index contributed by atoms with van der Waals surface area (Å²) in [4.78, 5) is 6.70. The first-order valence-corrected chi connectivity index (χ1v) is 7.35. The van der Waals surface area contributed by atoms with Crippen molar-refractivity contribution in [3.63, 3.8) is 0 Å². The quantitative estimate of drug-likeness (QED) is 0.882. The Hall–Kier alpha value is -1.17. The van der Waals surface area contributed by atoms with E-state index in [1.54, 1.807) is 0 Å². The molecule has 0 bridgehead atoms. The summed E-state index contributed by atoms with van der Waals surface area (Å²) in [5, 5.41) is 15.5. The van der Waals surface area contributed by atoms with Gasteiger partial charge in [0.05, 0.1) is 12.3 Å². The summed E-state index contributed by atoms with van der Waals surface area (Å²) in [5.74, 6) is 0. The summed E-state index contributed by atoms with van der Waals surface area (Å²) < 4.78 is 1.88. The van der Waals surface area contributed by atoms with E-state index in [0.29, 0.717) is 11.7 Å². The normalized spacial score (nSPS) is 20.4. The van der Waals surface area contributed by atoms with E-state index in [1.807, 2.05) is 10.9 Å². The van der Waals surface area contributed by atoms with Gasteiger partial charge in [-0.2, -0.15) is 5.10 Å². The van der Waals surface area contributed by atoms with E-state index in [2.05, 4.69) is 34.9 Å². The van der Waals surface area contributed by atoms with Gasteiger partial charge in [-0.25, -0.2) is 9.67 Å². The second-order valence-corrected chi connectivity index (χ2v) is 6.07. The fourth-order valence-corrected chi connectivity index (χ4v) is 2.88. The molecule has 0 aromatic carbocycles. The number of pyridine rings is 1. The highest BCUT2D eigenvalue weighted by atomic mass is 35.5. The van der Waals surface area contributed by atoms with E-state index in [-0.39, 0.29) is 12.1 Å². The summed E-state index contributed by atoms with van der Waals surface area (Å²) in [6.07, 6.45) is 2.45. The average molecular weight is 295 g/mol. The number of aliphatic hydroxyl groups is 1. The Morgan fingerprint density at radius 2 is 2.30 bits per heavy atom. The molecule has 0 amide bonds. The van der Waals surface area contributed by atoms with Crippen LogP contribution in [-0.2, 0) is 6.54 Å². The maximum absolute atomic E-state index is 9.58. The van der Waals surface area contributed by atoms with Gasteiger partial charge in [-0.3, -0.25) is 4.90 Å². The van der Waals surface area contributed by atoms with Crippen LogP contribution in [0.15, 0.2) is 12.3 Å². The molecule has 2 aromatic rings. The highest BCUT2D eigenvalue weighted by molar-refractivity contribution is 6.30. The lowest BCUT2D eigenvalue weighted by Crippen LogP contribution is -2.21. The van der Waals surface area contributed by atoms with Crippen LogP contribution < -0.4 is 0 Å². The number of fused-ring (bicyclic) bond motifs is 1. The number of aromatic nitrogens is 3. The molecule has 3 rings (SSSR count). The molecule has 0 aliphatic carbocycles. The fraction of sp³-hybridized carbons (Fsp3) is 0.571. The van der Waals surface area contributed by atoms with Crippen molar-refractivity contribution in [2.75, 3.05) is 13.1 Å². The highest BCUT2D eigenvalue weighted by Gasteiger charge is 2.21. The molecule has 0 unspecified atom stereocenters. The smallest absolute Gasteiger partial charge is 0.159 e. The molecule has 0 saturated carbocycles. The van der Waals surface area contributed by atoms with Crippen LogP contribution >= 0.6 is 11.6 Å². The van der Waals surface area contributed by atoms with Gasteiger partial charge in [0.2, 0.25) is 0 Å². The van der Waals surface area contributed by atoms with Crippen molar-refractivity contribution in [2.45, 2.75) is 39.0 Å². The van der Waals surface area contributed by atoms with Crippen molar-refractivity contribution in [3.8, 4) is 0 Å². The van der Waals surface area contributed by atoms with E-state index in [0.717, 1.165) is 36.1 Å². The predicted octanol–water partition coefficient (Wildman–Crippen LogP) is 2.23. The Morgan fingerprint density at radius 1 is 1.50 bits per heavy atom. The number of aliphatic hydroxyl groups excluding tert-OH is 1. The van der Waals surface area contributed by atoms with Crippen molar-refractivity contribution >= 4 is 22.6 Å². The lowest BCUT2D eigenvalue weighted by Gasteiger charge is -2.15. The van der Waals surface area contributed by atoms with Crippen molar-refractivity contribution in [3.05, 3.63) is 23.0 Å². The summed E-state index contributed by atoms with van der Waals surface area (Å²) in [7, 11) is 0. The molecule has 0 radical (unpaired) electrons. The minimum atomic E-state index is -0.214. The molecule has 2 aromatic heterocycles. The molecule has 3 heterocycles. The van der Waals surface area contributed by atoms with Crippen LogP contribution in [-0.4, -0.2) is 44.0 Å². The van der Waals surface area contributed by atoms with Crippen LogP contribution in [0.5, 0.6) is 0 Å². The number of β-amino-alcohol motifs (C(OH)–C–C–N with tert-alkyl or cyclic N) is 1. The zero-order chi connectivity index (χ0) is 14.3. The van der Waals surface area contributed by atoms with Crippen molar-refractivity contribution in [1.82, 2.24) is 19.7 Å². The van der Waals surface area contributed by atoms with Crippen molar-refractivity contribution in [1.29, 1.82) is 0 Å². The second-order valence-electron chi connectivity index (χ2n) is 5.71. The van der Waals surface area contributed by atoms with Gasteiger partial charge in [0.15, 0.2) is 5.65 Å². The van der Waals surface area contributed by atoms with Crippen LogP contribution in [0.3, 0.4) is 0 Å². The molecule has 1 N–H and O–H groups in total. The topological polar surface area (TPSA) is 54.2 Å². The Morgan fingerprint density at radius 3 is 2.95 bits per heavy atom. The number of nitrogens with zero attached hydrogens (tertiary/aromatic N) is 4. The van der Waals surface area contributed by atoms with Crippen LogP contribution in [0.25, 0.3) is 11.0 Å². The van der Waals surface area contributed by atoms with E-state index >= 15 is 0 Å². The minimum Gasteiger partial charge on any atom is -0.392 e. The molecule has 1 atom stereocenters. The number of hydrogen-bond donors (Lipinski definition) is 1. The predicted molar refractivity (Wildman–Crippen MR) is 78.8 cm³/mol. The molecular weight excluding hydrogens is 276 g/mol. The Balaban J connectivity index is 1.90. The van der Waals surface area contributed by atoms with Gasteiger partial charge in [-0.05, 0) is 26.3 Å². The number of hydrogen-bond acceptors (Lipinski definition) is 4. The first kappa shape index (κ1) is 13.8. The van der Waals surface area contributed by atoms with Gasteiger partial charge in [0.25, 0.3) is 0 Å². The maximum atomic E-state index is 9.58. The summed E-state index contributed by atoms with van der Waals surface area (Å²) in [5.41, 5.74) is 1.83. The zero-order valence-electron chi connectivity index (χ0n) is 11.8. The zero-order valence-corrected chi connectivity index (χ0v) is 12.5. The van der Waals surface area contributed by atoms with E-state index < -0.39 is 0 Å². The van der Waals surface area contributed by atoms with Crippen LogP contribution in [0.1, 0.15) is 31.9 Å². The van der Waals surface area contributed by atoms with E-state index in [4.69, 9.17) is 11.6 Å². The van der Waals surface area contributed by atoms with Crippen LogP contribution in [0, 0.1) is 0 Å². The third kappa shape index (κ3) is 2.53. The molecular formula is C14H19ClN4O. The molecule has 5 nitrogen and oxygen atoms in total. The van der Waals surface area contributed by atoms with Gasteiger partial charge in [-0.1, -0.05) is 11.6 Å². The molecule has 1 fully saturated rings. The molecule has 0 spiro atoms. The Kier molecular flexibility index (Phi) is 3.67. The molecule has 1 saturated heterocycles. The number of rotatable bonds is 3. The minimum absolute atomic E-state index is 0.214. The first-order chi connectivity index (χ1) is 9.54. The standard InChI is InChI=1S/C14H19ClN4O/c1-9(2)19-14-10(6-16-19)5-11(13(15)17-14)7-18-4-3-12(20)8-18/h5-6,9,12,20H,3-4,7-8H2,1-2H3/t12-/m1/s1. The monoisotopic (exact) mass is 294 g/mol. The molecule has 1 aliphatic rings. The summed E-state index contributed by atoms with van der Waals surface area (Å²) in [6.45, 7) is 6.48. The van der Waals surface area contributed by atoms with Crippen molar-refractivity contribution in [2.24, 2.45) is 0 Å². The Bertz CT molecular complexity index is 625. The Labute approximate surface area is 123 Å². The lowest BCUT2D eigenvalue weighted by molar-refractivity contribution is 0.175. The molecule has 20 heavy (non-hydrogen) atoms. The van der Waals surface area contributed by atoms with Gasteiger partial charge in [-0.15, -0.1) is 0 Å². The largest absolute Gasteiger partial charge is 0.392 e. The van der Waals surface area contributed by atoms with E-state index in [1.165, 1.54) is 0 Å². The molecule has 1 aliphatic heterocycles.